The molecule has 0 spiro atoms. The predicted molar refractivity (Wildman–Crippen MR) is 119 cm³/mol. The summed E-state index contributed by atoms with van der Waals surface area (Å²) in [7, 11) is 0. The number of ether oxygens (including phenoxy) is 3. The normalized spacial score (nSPS) is 28.0. The molecule has 0 aromatic rings. The number of carbonyl (C=O) groups is 3. The molecule has 1 fully saturated rings. The largest absolute Gasteiger partial charge is 0.458 e. The second-order valence-electron chi connectivity index (χ2n) is 8.03. The van der Waals surface area contributed by atoms with Crippen LogP contribution in [0.1, 0.15) is 47.0 Å². The first kappa shape index (κ1) is 25.3. The number of rotatable bonds is 6. The van der Waals surface area contributed by atoms with E-state index in [0.29, 0.717) is 6.42 Å². The predicted octanol–water partition coefficient (Wildman–Crippen LogP) is 3.50. The van der Waals surface area contributed by atoms with Gasteiger partial charge in [0.15, 0.2) is 0 Å². The Balaban J connectivity index is 2.22. The van der Waals surface area contributed by atoms with Gasteiger partial charge in [-0.1, -0.05) is 36.0 Å². The molecule has 3 atom stereocenters. The fourth-order valence-corrected chi connectivity index (χ4v) is 3.72. The van der Waals surface area contributed by atoms with E-state index in [-0.39, 0.29) is 23.3 Å². The van der Waals surface area contributed by atoms with E-state index in [0.717, 1.165) is 24.0 Å². The highest BCUT2D eigenvalue weighted by atomic mass is 16.6. The number of carbonyl (C=O) groups excluding carboxylic acids is 3. The molecular weight excluding hydrogens is 412 g/mol. The number of aliphatic hydroxyl groups excluding tert-OH is 1. The molecule has 0 unspecified atom stereocenters. The van der Waals surface area contributed by atoms with Crippen LogP contribution in [0.25, 0.3) is 0 Å². The van der Waals surface area contributed by atoms with Gasteiger partial charge in [0.25, 0.3) is 0 Å². The van der Waals surface area contributed by atoms with Crippen molar-refractivity contribution >= 4 is 17.9 Å². The molecule has 174 valence electrons. The molecule has 2 rings (SSSR count). The van der Waals surface area contributed by atoms with Crippen LogP contribution < -0.4 is 0 Å². The fraction of sp³-hybridized carbons (Fsp3) is 0.480. The number of fused-ring (bicyclic) bond motifs is 1. The van der Waals surface area contributed by atoms with Gasteiger partial charge in [0.1, 0.15) is 18.8 Å². The molecule has 2 aliphatic rings. The second kappa shape index (κ2) is 11.6. The maximum atomic E-state index is 12.9. The van der Waals surface area contributed by atoms with Crippen molar-refractivity contribution in [2.24, 2.45) is 5.92 Å². The van der Waals surface area contributed by atoms with Crippen molar-refractivity contribution in [2.75, 3.05) is 13.2 Å². The van der Waals surface area contributed by atoms with Crippen molar-refractivity contribution in [3.05, 3.63) is 58.7 Å². The summed E-state index contributed by atoms with van der Waals surface area (Å²) in [5.41, 5.74) is 2.66. The Morgan fingerprint density at radius 3 is 2.50 bits per heavy atom. The Hall–Kier alpha value is -2.93. The molecule has 7 heteroatoms. The summed E-state index contributed by atoms with van der Waals surface area (Å²) in [4.78, 5) is 37.2. The second-order valence-corrected chi connectivity index (χ2v) is 8.03. The topological polar surface area (TPSA) is 99.1 Å². The first-order valence-electron chi connectivity index (χ1n) is 10.7. The first-order chi connectivity index (χ1) is 15.2. The number of aliphatic hydroxyl groups is 1. The molecule has 0 amide bonds. The van der Waals surface area contributed by atoms with Gasteiger partial charge in [0, 0.05) is 12.0 Å². The van der Waals surface area contributed by atoms with Crippen LogP contribution in [-0.2, 0) is 28.6 Å². The van der Waals surface area contributed by atoms with Crippen LogP contribution in [0.3, 0.4) is 0 Å². The highest BCUT2D eigenvalue weighted by Gasteiger charge is 2.44. The molecule has 1 saturated heterocycles. The zero-order valence-electron chi connectivity index (χ0n) is 19.2. The smallest absolute Gasteiger partial charge is 0.337 e. The lowest BCUT2D eigenvalue weighted by Gasteiger charge is -2.27. The lowest BCUT2D eigenvalue weighted by atomic mass is 9.85. The minimum atomic E-state index is -0.705. The van der Waals surface area contributed by atoms with Crippen LogP contribution in [0.15, 0.2) is 58.7 Å². The van der Waals surface area contributed by atoms with Crippen LogP contribution in [0.2, 0.25) is 0 Å². The van der Waals surface area contributed by atoms with Crippen molar-refractivity contribution in [1.82, 2.24) is 0 Å². The number of hydrogen-bond acceptors (Lipinski definition) is 7. The monoisotopic (exact) mass is 444 g/mol. The SMILES string of the molecule is C=C1C(=O)O[C@@H]2/C=C(\C)CC/C=C(\C)C[C@@H](OC(=O)/C(=C/C)COC(=O)/C(=C/C)CO)[C@@H]12. The van der Waals surface area contributed by atoms with Crippen molar-refractivity contribution in [3.8, 4) is 0 Å². The van der Waals surface area contributed by atoms with E-state index < -0.39 is 42.6 Å². The Kier molecular flexibility index (Phi) is 9.20. The molecule has 0 saturated carbocycles. The maximum Gasteiger partial charge on any atom is 0.337 e. The van der Waals surface area contributed by atoms with Crippen molar-refractivity contribution in [3.63, 3.8) is 0 Å². The van der Waals surface area contributed by atoms with Gasteiger partial charge in [-0.3, -0.25) is 0 Å². The Morgan fingerprint density at radius 1 is 1.19 bits per heavy atom. The molecule has 7 nitrogen and oxygen atoms in total. The maximum absolute atomic E-state index is 12.9. The van der Waals surface area contributed by atoms with Gasteiger partial charge in [-0.25, -0.2) is 14.4 Å². The molecular formula is C25H32O7. The van der Waals surface area contributed by atoms with Crippen LogP contribution in [0.4, 0.5) is 0 Å². The molecule has 1 N–H and O–H groups in total. The summed E-state index contributed by atoms with van der Waals surface area (Å²) in [6.45, 7) is 10.3. The first-order valence-corrected chi connectivity index (χ1v) is 10.7. The van der Waals surface area contributed by atoms with E-state index >= 15 is 0 Å². The lowest BCUT2D eigenvalue weighted by molar-refractivity contribution is -0.148. The molecule has 1 heterocycles. The summed E-state index contributed by atoms with van der Waals surface area (Å²) in [5.74, 6) is -2.35. The summed E-state index contributed by atoms with van der Waals surface area (Å²) in [6.07, 6.45) is 7.88. The third-order valence-electron chi connectivity index (χ3n) is 5.67. The highest BCUT2D eigenvalue weighted by molar-refractivity contribution is 5.93. The molecule has 0 aromatic carbocycles. The standard InChI is InChI=1S/C25H32O7/c1-6-18(13-26)24(28)30-14-19(7-2)25(29)32-21-12-16(4)10-8-9-15(3)11-20-22(21)17(5)23(27)31-20/h6-7,10-11,20-22,26H,5,8-9,12-14H2,1-4H3/b15-11+,16-10+,18-6+,19-7+/t20-,21-,22+/m1/s1. The van der Waals surface area contributed by atoms with Gasteiger partial charge in [-0.05, 0) is 46.6 Å². The van der Waals surface area contributed by atoms with Crippen LogP contribution in [-0.4, -0.2) is 48.4 Å². The summed E-state index contributed by atoms with van der Waals surface area (Å²) in [5, 5.41) is 9.18. The Labute approximate surface area is 189 Å². The zero-order chi connectivity index (χ0) is 23.8. The van der Waals surface area contributed by atoms with Crippen LogP contribution in [0, 0.1) is 5.92 Å². The van der Waals surface area contributed by atoms with Crippen LogP contribution >= 0.6 is 0 Å². The van der Waals surface area contributed by atoms with E-state index in [1.165, 1.54) is 12.2 Å². The average molecular weight is 445 g/mol. The third-order valence-corrected chi connectivity index (χ3v) is 5.67. The number of allylic oxidation sites excluding steroid dienone is 4. The highest BCUT2D eigenvalue weighted by Crippen LogP contribution is 2.36. The quantitative estimate of drug-likeness (QED) is 0.290. The Bertz CT molecular complexity index is 888. The van der Waals surface area contributed by atoms with E-state index in [1.54, 1.807) is 13.8 Å². The molecule has 0 radical (unpaired) electrons. The summed E-state index contributed by atoms with van der Waals surface area (Å²) >= 11 is 0. The van der Waals surface area contributed by atoms with E-state index in [2.05, 4.69) is 12.7 Å². The van der Waals surface area contributed by atoms with Crippen molar-refractivity contribution in [2.45, 2.75) is 59.2 Å². The summed E-state index contributed by atoms with van der Waals surface area (Å²) in [6, 6.07) is 0. The summed E-state index contributed by atoms with van der Waals surface area (Å²) < 4.78 is 16.5. The van der Waals surface area contributed by atoms with Gasteiger partial charge in [-0.2, -0.15) is 0 Å². The van der Waals surface area contributed by atoms with Gasteiger partial charge in [0.2, 0.25) is 0 Å². The average Bonchev–Trinajstić information content (AvgIpc) is 3.01. The lowest BCUT2D eigenvalue weighted by Crippen LogP contribution is -2.34. The fourth-order valence-electron chi connectivity index (χ4n) is 3.72. The van der Waals surface area contributed by atoms with Crippen molar-refractivity contribution < 1.29 is 33.7 Å². The molecule has 1 aliphatic carbocycles. The number of hydrogen-bond donors (Lipinski definition) is 1. The van der Waals surface area contributed by atoms with Gasteiger partial charge >= 0.3 is 17.9 Å². The molecule has 0 bridgehead atoms. The number of esters is 3. The minimum Gasteiger partial charge on any atom is -0.458 e. The van der Waals surface area contributed by atoms with Gasteiger partial charge < -0.3 is 19.3 Å². The molecule has 0 aromatic heterocycles. The Morgan fingerprint density at radius 2 is 1.88 bits per heavy atom. The van der Waals surface area contributed by atoms with Crippen LogP contribution in [0.5, 0.6) is 0 Å². The van der Waals surface area contributed by atoms with Gasteiger partial charge in [-0.15, -0.1) is 0 Å². The van der Waals surface area contributed by atoms with E-state index in [9.17, 15) is 19.5 Å². The molecule has 1 aliphatic heterocycles. The van der Waals surface area contributed by atoms with Crippen molar-refractivity contribution in [1.29, 1.82) is 0 Å². The van der Waals surface area contributed by atoms with E-state index in [1.807, 2.05) is 19.9 Å². The van der Waals surface area contributed by atoms with Gasteiger partial charge in [0.05, 0.1) is 23.7 Å². The van der Waals surface area contributed by atoms with E-state index in [4.69, 9.17) is 14.2 Å². The zero-order valence-corrected chi connectivity index (χ0v) is 19.2. The third kappa shape index (κ3) is 6.29. The minimum absolute atomic E-state index is 0.102. The molecule has 32 heavy (non-hydrogen) atoms.